The first-order valence-corrected chi connectivity index (χ1v) is 8.51. The molecule has 3 rings (SSSR count). The topological polar surface area (TPSA) is 59.3 Å². The molecule has 1 aliphatic rings. The average Bonchev–Trinajstić information content (AvgIpc) is 2.69. The SMILES string of the molecule is CCOC(=O)CC1=C[C@H](c2ccccc2)C(C#N)=C(c2ccccc2)O1. The minimum atomic E-state index is -0.349. The van der Waals surface area contributed by atoms with Gasteiger partial charge in [-0.05, 0) is 18.6 Å². The first-order valence-electron chi connectivity index (χ1n) is 8.51. The number of hydrogen-bond donors (Lipinski definition) is 0. The van der Waals surface area contributed by atoms with Crippen LogP contribution < -0.4 is 0 Å². The summed E-state index contributed by atoms with van der Waals surface area (Å²) in [5.41, 5.74) is 2.30. The van der Waals surface area contributed by atoms with Crippen LogP contribution in [-0.2, 0) is 14.3 Å². The minimum Gasteiger partial charge on any atom is -0.466 e. The van der Waals surface area contributed by atoms with Gasteiger partial charge in [0.15, 0.2) is 0 Å². The fourth-order valence-electron chi connectivity index (χ4n) is 2.93. The molecular formula is C22H19NO3. The summed E-state index contributed by atoms with van der Waals surface area (Å²) < 4.78 is 11.0. The number of carbonyl (C=O) groups is 1. The van der Waals surface area contributed by atoms with Crippen molar-refractivity contribution in [3.8, 4) is 6.07 Å². The molecule has 0 fully saturated rings. The van der Waals surface area contributed by atoms with E-state index in [-0.39, 0.29) is 18.3 Å². The summed E-state index contributed by atoms with van der Waals surface area (Å²) in [4.78, 5) is 11.9. The number of nitrogens with zero attached hydrogens (tertiary/aromatic N) is 1. The lowest BCUT2D eigenvalue weighted by atomic mass is 9.87. The second-order valence-corrected chi connectivity index (χ2v) is 5.83. The zero-order valence-corrected chi connectivity index (χ0v) is 14.5. The van der Waals surface area contributed by atoms with E-state index in [2.05, 4.69) is 6.07 Å². The van der Waals surface area contributed by atoms with E-state index in [1.807, 2.05) is 66.7 Å². The number of allylic oxidation sites excluding steroid dienone is 2. The van der Waals surface area contributed by atoms with Crippen LogP contribution in [0.4, 0.5) is 0 Å². The Labute approximate surface area is 153 Å². The third-order valence-electron chi connectivity index (χ3n) is 4.08. The quantitative estimate of drug-likeness (QED) is 0.745. The molecule has 0 spiro atoms. The van der Waals surface area contributed by atoms with E-state index in [1.165, 1.54) is 0 Å². The largest absolute Gasteiger partial charge is 0.466 e. The smallest absolute Gasteiger partial charge is 0.313 e. The van der Waals surface area contributed by atoms with E-state index in [0.29, 0.717) is 23.7 Å². The number of ether oxygens (including phenoxy) is 2. The van der Waals surface area contributed by atoms with Crippen LogP contribution in [0.15, 0.2) is 78.1 Å². The van der Waals surface area contributed by atoms with Gasteiger partial charge < -0.3 is 9.47 Å². The van der Waals surface area contributed by atoms with E-state index in [4.69, 9.17) is 9.47 Å². The van der Waals surface area contributed by atoms with Crippen LogP contribution in [-0.4, -0.2) is 12.6 Å². The minimum absolute atomic E-state index is 0.0339. The molecule has 2 aromatic carbocycles. The average molecular weight is 345 g/mol. The van der Waals surface area contributed by atoms with Gasteiger partial charge in [0.1, 0.15) is 17.9 Å². The monoisotopic (exact) mass is 345 g/mol. The summed E-state index contributed by atoms with van der Waals surface area (Å²) in [6.07, 6.45) is 1.86. The molecule has 0 amide bonds. The Morgan fingerprint density at radius 2 is 1.77 bits per heavy atom. The number of rotatable bonds is 5. The van der Waals surface area contributed by atoms with Crippen LogP contribution in [0.25, 0.3) is 5.76 Å². The first-order chi connectivity index (χ1) is 12.7. The second-order valence-electron chi connectivity index (χ2n) is 5.83. The van der Waals surface area contributed by atoms with Gasteiger partial charge in [0.05, 0.1) is 18.2 Å². The van der Waals surface area contributed by atoms with Gasteiger partial charge in [-0.25, -0.2) is 0 Å². The third kappa shape index (κ3) is 3.84. The van der Waals surface area contributed by atoms with Gasteiger partial charge in [-0.2, -0.15) is 5.26 Å². The molecule has 0 aliphatic carbocycles. The van der Waals surface area contributed by atoms with E-state index in [0.717, 1.165) is 11.1 Å². The van der Waals surface area contributed by atoms with Gasteiger partial charge >= 0.3 is 5.97 Å². The van der Waals surface area contributed by atoms with Gasteiger partial charge in [0.2, 0.25) is 0 Å². The van der Waals surface area contributed by atoms with Gasteiger partial charge in [0.25, 0.3) is 0 Å². The fraction of sp³-hybridized carbons (Fsp3) is 0.182. The van der Waals surface area contributed by atoms with E-state index >= 15 is 0 Å². The molecule has 0 saturated carbocycles. The summed E-state index contributed by atoms with van der Waals surface area (Å²) in [5.74, 6) is 0.367. The maximum absolute atomic E-state index is 11.9. The summed E-state index contributed by atoms with van der Waals surface area (Å²) in [6.45, 7) is 2.09. The Bertz CT molecular complexity index is 877. The molecule has 2 aromatic rings. The summed E-state index contributed by atoms with van der Waals surface area (Å²) in [6, 6.07) is 21.5. The first kappa shape index (κ1) is 17.5. The maximum Gasteiger partial charge on any atom is 0.313 e. The summed E-state index contributed by atoms with van der Waals surface area (Å²) in [7, 11) is 0. The summed E-state index contributed by atoms with van der Waals surface area (Å²) in [5, 5.41) is 9.80. The number of nitriles is 1. The highest BCUT2D eigenvalue weighted by Gasteiger charge is 2.28. The molecule has 130 valence electrons. The normalized spacial score (nSPS) is 16.3. The van der Waals surface area contributed by atoms with Gasteiger partial charge in [0, 0.05) is 11.5 Å². The lowest BCUT2D eigenvalue weighted by Crippen LogP contribution is -2.14. The number of esters is 1. The number of carbonyl (C=O) groups excluding carboxylic acids is 1. The van der Waals surface area contributed by atoms with E-state index in [1.54, 1.807) is 6.92 Å². The van der Waals surface area contributed by atoms with Crippen LogP contribution in [0, 0.1) is 11.3 Å². The van der Waals surface area contributed by atoms with Crippen molar-refractivity contribution in [3.63, 3.8) is 0 Å². The molecule has 26 heavy (non-hydrogen) atoms. The Hall–Kier alpha value is -3.32. The molecule has 0 saturated heterocycles. The van der Waals surface area contributed by atoms with Crippen molar-refractivity contribution >= 4 is 11.7 Å². The van der Waals surface area contributed by atoms with Crippen molar-refractivity contribution in [2.75, 3.05) is 6.61 Å². The molecular weight excluding hydrogens is 326 g/mol. The zero-order valence-electron chi connectivity index (χ0n) is 14.5. The van der Waals surface area contributed by atoms with Crippen LogP contribution >= 0.6 is 0 Å². The lowest BCUT2D eigenvalue weighted by molar-refractivity contribution is -0.142. The predicted octanol–water partition coefficient (Wildman–Crippen LogP) is 4.57. The fourth-order valence-corrected chi connectivity index (χ4v) is 2.93. The van der Waals surface area contributed by atoms with E-state index in [9.17, 15) is 10.1 Å². The van der Waals surface area contributed by atoms with Crippen LogP contribution in [0.2, 0.25) is 0 Å². The molecule has 1 atom stereocenters. The molecule has 0 bridgehead atoms. The van der Waals surface area contributed by atoms with Crippen LogP contribution in [0.1, 0.15) is 30.4 Å². The van der Waals surface area contributed by atoms with Crippen molar-refractivity contribution in [2.45, 2.75) is 19.3 Å². The lowest BCUT2D eigenvalue weighted by Gasteiger charge is -2.25. The molecule has 4 heteroatoms. The molecule has 1 heterocycles. The van der Waals surface area contributed by atoms with Gasteiger partial charge in [-0.15, -0.1) is 0 Å². The van der Waals surface area contributed by atoms with Crippen molar-refractivity contribution in [1.82, 2.24) is 0 Å². The van der Waals surface area contributed by atoms with Gasteiger partial charge in [-0.3, -0.25) is 4.79 Å². The second kappa shape index (κ2) is 8.17. The molecule has 0 aromatic heterocycles. The molecule has 0 radical (unpaired) electrons. The standard InChI is InChI=1S/C22H19NO3/c1-2-25-21(24)14-18-13-19(16-9-5-3-6-10-16)20(15-23)22(26-18)17-11-7-4-8-12-17/h3-13,19H,2,14H2,1H3/t19-/m1/s1. The number of hydrogen-bond acceptors (Lipinski definition) is 4. The highest BCUT2D eigenvalue weighted by atomic mass is 16.5. The molecule has 1 aliphatic heterocycles. The zero-order chi connectivity index (χ0) is 18.4. The molecule has 4 nitrogen and oxygen atoms in total. The van der Waals surface area contributed by atoms with E-state index < -0.39 is 0 Å². The highest BCUT2D eigenvalue weighted by Crippen LogP contribution is 2.39. The van der Waals surface area contributed by atoms with Crippen molar-refractivity contribution < 1.29 is 14.3 Å². The van der Waals surface area contributed by atoms with Crippen LogP contribution in [0.3, 0.4) is 0 Å². The van der Waals surface area contributed by atoms with Gasteiger partial charge in [-0.1, -0.05) is 60.7 Å². The third-order valence-corrected chi connectivity index (χ3v) is 4.08. The molecule has 0 N–H and O–H groups in total. The highest BCUT2D eigenvalue weighted by molar-refractivity contribution is 5.75. The Kier molecular flexibility index (Phi) is 5.50. The maximum atomic E-state index is 11.9. The predicted molar refractivity (Wildman–Crippen MR) is 98.6 cm³/mol. The van der Waals surface area contributed by atoms with Crippen molar-refractivity contribution in [2.24, 2.45) is 0 Å². The van der Waals surface area contributed by atoms with Crippen molar-refractivity contribution in [3.05, 3.63) is 89.2 Å². The van der Waals surface area contributed by atoms with Crippen molar-refractivity contribution in [1.29, 1.82) is 5.26 Å². The molecule has 0 unspecified atom stereocenters. The van der Waals surface area contributed by atoms with Crippen LogP contribution in [0.5, 0.6) is 0 Å². The summed E-state index contributed by atoms with van der Waals surface area (Å²) >= 11 is 0. The Morgan fingerprint density at radius 1 is 1.12 bits per heavy atom. The number of benzene rings is 2. The Morgan fingerprint density at radius 3 is 2.38 bits per heavy atom. The Balaban J connectivity index is 2.05.